The number of hydrogen-bond acceptors (Lipinski definition) is 2. The maximum Gasteiger partial charge on any atom is 0.0756 e. The van der Waals surface area contributed by atoms with Crippen LogP contribution in [0.4, 0.5) is 0 Å². The van der Waals surface area contributed by atoms with Crippen molar-refractivity contribution in [3.63, 3.8) is 0 Å². The van der Waals surface area contributed by atoms with E-state index in [1.165, 1.54) is 12.3 Å². The summed E-state index contributed by atoms with van der Waals surface area (Å²) < 4.78 is 0. The quantitative estimate of drug-likeness (QED) is 0.478. The van der Waals surface area contributed by atoms with Crippen molar-refractivity contribution in [2.75, 3.05) is 6.54 Å². The standard InChI is InChI=1S/C5H8NO2/c7-5-1-3-6(8)4-2-5/h1,3,5,7H,2,4H2. The van der Waals surface area contributed by atoms with Gasteiger partial charge in [-0.05, 0) is 12.5 Å². The van der Waals surface area contributed by atoms with Crippen molar-refractivity contribution in [1.82, 2.24) is 5.06 Å². The van der Waals surface area contributed by atoms with Gasteiger partial charge < -0.3 is 5.11 Å². The second-order valence-corrected chi connectivity index (χ2v) is 1.84. The molecule has 0 saturated carbocycles. The molecule has 0 bridgehead atoms. The van der Waals surface area contributed by atoms with Gasteiger partial charge in [0.15, 0.2) is 0 Å². The van der Waals surface area contributed by atoms with E-state index in [2.05, 4.69) is 0 Å². The summed E-state index contributed by atoms with van der Waals surface area (Å²) in [5.74, 6) is 0. The van der Waals surface area contributed by atoms with Crippen molar-refractivity contribution in [3.05, 3.63) is 12.3 Å². The van der Waals surface area contributed by atoms with Crippen molar-refractivity contribution in [2.45, 2.75) is 12.5 Å². The molecule has 45 valence electrons. The lowest BCUT2D eigenvalue weighted by atomic mass is 10.2. The zero-order valence-electron chi connectivity index (χ0n) is 4.45. The Morgan fingerprint density at radius 1 is 1.75 bits per heavy atom. The van der Waals surface area contributed by atoms with E-state index < -0.39 is 6.10 Å². The first-order chi connectivity index (χ1) is 3.79. The Morgan fingerprint density at radius 2 is 2.50 bits per heavy atom. The minimum absolute atomic E-state index is 0.403. The van der Waals surface area contributed by atoms with E-state index in [4.69, 9.17) is 5.11 Å². The van der Waals surface area contributed by atoms with E-state index >= 15 is 0 Å². The van der Waals surface area contributed by atoms with Crippen LogP contribution in [0.2, 0.25) is 0 Å². The van der Waals surface area contributed by atoms with Gasteiger partial charge in [-0.25, -0.2) is 5.06 Å². The summed E-state index contributed by atoms with van der Waals surface area (Å²) in [4.78, 5) is 0. The van der Waals surface area contributed by atoms with Crippen LogP contribution in [0.5, 0.6) is 0 Å². The number of aliphatic hydroxyl groups is 1. The monoisotopic (exact) mass is 114 g/mol. The third-order valence-corrected chi connectivity index (χ3v) is 1.12. The molecule has 1 unspecified atom stereocenters. The van der Waals surface area contributed by atoms with E-state index in [9.17, 15) is 5.21 Å². The number of hydrogen-bond donors (Lipinski definition) is 1. The van der Waals surface area contributed by atoms with Gasteiger partial charge in [0.05, 0.1) is 12.6 Å². The Morgan fingerprint density at radius 3 is 2.88 bits per heavy atom. The first-order valence-corrected chi connectivity index (χ1v) is 2.59. The second kappa shape index (κ2) is 2.15. The van der Waals surface area contributed by atoms with Gasteiger partial charge in [0.25, 0.3) is 0 Å². The van der Waals surface area contributed by atoms with Crippen LogP contribution < -0.4 is 0 Å². The molecule has 1 heterocycles. The van der Waals surface area contributed by atoms with E-state index in [-0.39, 0.29) is 0 Å². The number of aliphatic hydroxyl groups excluding tert-OH is 1. The molecule has 3 heteroatoms. The highest BCUT2D eigenvalue weighted by molar-refractivity contribution is 4.90. The SMILES string of the molecule is [O]N1C=CC(O)CC1. The molecule has 0 aromatic rings. The topological polar surface area (TPSA) is 43.4 Å². The fraction of sp³-hybridized carbons (Fsp3) is 0.600. The summed E-state index contributed by atoms with van der Waals surface area (Å²) in [7, 11) is 0. The normalized spacial score (nSPS) is 28.8. The van der Waals surface area contributed by atoms with Crippen LogP contribution in [-0.2, 0) is 5.21 Å². The van der Waals surface area contributed by atoms with Gasteiger partial charge >= 0.3 is 0 Å². The van der Waals surface area contributed by atoms with Crippen molar-refractivity contribution < 1.29 is 10.3 Å². The molecule has 1 N–H and O–H groups in total. The molecule has 3 nitrogen and oxygen atoms in total. The van der Waals surface area contributed by atoms with Gasteiger partial charge in [0.2, 0.25) is 0 Å². The zero-order chi connectivity index (χ0) is 5.98. The summed E-state index contributed by atoms with van der Waals surface area (Å²) in [5, 5.41) is 19.9. The Kier molecular flexibility index (Phi) is 1.50. The molecule has 1 rings (SSSR count). The maximum absolute atomic E-state index is 10.3. The zero-order valence-corrected chi connectivity index (χ0v) is 4.45. The van der Waals surface area contributed by atoms with E-state index in [0.29, 0.717) is 13.0 Å². The predicted molar refractivity (Wildman–Crippen MR) is 27.2 cm³/mol. The second-order valence-electron chi connectivity index (χ2n) is 1.84. The molecule has 1 atom stereocenters. The van der Waals surface area contributed by atoms with E-state index in [0.717, 1.165) is 5.06 Å². The maximum atomic E-state index is 10.3. The van der Waals surface area contributed by atoms with Gasteiger partial charge in [-0.15, -0.1) is 0 Å². The van der Waals surface area contributed by atoms with Crippen LogP contribution in [0.3, 0.4) is 0 Å². The lowest BCUT2D eigenvalue weighted by Gasteiger charge is -2.15. The first-order valence-electron chi connectivity index (χ1n) is 2.59. The molecule has 0 spiro atoms. The average Bonchev–Trinajstić information content (AvgIpc) is 1.77. The lowest BCUT2D eigenvalue weighted by Crippen LogP contribution is -2.22. The molecule has 0 saturated heterocycles. The minimum Gasteiger partial charge on any atom is -0.389 e. The molecule has 1 aliphatic heterocycles. The van der Waals surface area contributed by atoms with Gasteiger partial charge in [0, 0.05) is 6.20 Å². The van der Waals surface area contributed by atoms with Crippen molar-refractivity contribution >= 4 is 0 Å². The van der Waals surface area contributed by atoms with Crippen LogP contribution in [-0.4, -0.2) is 22.8 Å². The Balaban J connectivity index is 2.42. The third-order valence-electron chi connectivity index (χ3n) is 1.12. The Bertz CT molecular complexity index is 90.6. The fourth-order valence-corrected chi connectivity index (χ4v) is 0.626. The van der Waals surface area contributed by atoms with Crippen LogP contribution in [0.15, 0.2) is 12.3 Å². The van der Waals surface area contributed by atoms with Crippen LogP contribution in [0.25, 0.3) is 0 Å². The summed E-state index contributed by atoms with van der Waals surface area (Å²) in [6.45, 7) is 0.414. The minimum atomic E-state index is -0.403. The van der Waals surface area contributed by atoms with Crippen LogP contribution in [0, 0.1) is 0 Å². The smallest absolute Gasteiger partial charge is 0.0756 e. The molecular formula is C5H8NO2. The summed E-state index contributed by atoms with van der Waals surface area (Å²) in [6, 6.07) is 0. The number of nitrogens with zero attached hydrogens (tertiary/aromatic N) is 1. The van der Waals surface area contributed by atoms with E-state index in [1.807, 2.05) is 0 Å². The van der Waals surface area contributed by atoms with Crippen LogP contribution in [0.1, 0.15) is 6.42 Å². The molecule has 1 radical (unpaired) electrons. The molecular weight excluding hydrogens is 106 g/mol. The van der Waals surface area contributed by atoms with E-state index in [1.54, 1.807) is 0 Å². The van der Waals surface area contributed by atoms with Gasteiger partial charge in [-0.3, -0.25) is 0 Å². The van der Waals surface area contributed by atoms with Crippen molar-refractivity contribution in [2.24, 2.45) is 0 Å². The molecule has 8 heavy (non-hydrogen) atoms. The number of hydroxylamine groups is 2. The molecule has 0 aromatic heterocycles. The Hall–Kier alpha value is -0.540. The number of rotatable bonds is 0. The lowest BCUT2D eigenvalue weighted by molar-refractivity contribution is -0.122. The average molecular weight is 114 g/mol. The first kappa shape index (κ1) is 5.59. The Labute approximate surface area is 47.8 Å². The van der Waals surface area contributed by atoms with Crippen LogP contribution >= 0.6 is 0 Å². The molecule has 0 fully saturated rings. The largest absolute Gasteiger partial charge is 0.389 e. The highest BCUT2D eigenvalue weighted by Crippen LogP contribution is 2.02. The molecule has 0 aromatic carbocycles. The fourth-order valence-electron chi connectivity index (χ4n) is 0.626. The molecule has 0 aliphatic carbocycles. The van der Waals surface area contributed by atoms with Gasteiger partial charge in [0.1, 0.15) is 0 Å². The molecule has 0 amide bonds. The predicted octanol–water partition coefficient (Wildman–Crippen LogP) is -0.0878. The highest BCUT2D eigenvalue weighted by atomic mass is 16.5. The summed E-state index contributed by atoms with van der Waals surface area (Å²) >= 11 is 0. The third kappa shape index (κ3) is 1.21. The molecule has 1 aliphatic rings. The van der Waals surface area contributed by atoms with Gasteiger partial charge in [-0.1, -0.05) is 5.21 Å². The van der Waals surface area contributed by atoms with Crippen molar-refractivity contribution in [1.29, 1.82) is 0 Å². The summed E-state index contributed by atoms with van der Waals surface area (Å²) in [5.41, 5.74) is 0. The summed E-state index contributed by atoms with van der Waals surface area (Å²) in [6.07, 6.45) is 3.00. The highest BCUT2D eigenvalue weighted by Gasteiger charge is 2.07. The van der Waals surface area contributed by atoms with Gasteiger partial charge in [-0.2, -0.15) is 0 Å². The van der Waals surface area contributed by atoms with Crippen molar-refractivity contribution in [3.8, 4) is 0 Å².